The first-order valence-electron chi connectivity index (χ1n) is 16.8. The van der Waals surface area contributed by atoms with E-state index in [1.165, 1.54) is 89.0 Å². The summed E-state index contributed by atoms with van der Waals surface area (Å²) in [5.74, 6) is 0.861. The number of ether oxygens (including phenoxy) is 1. The van der Waals surface area contributed by atoms with Gasteiger partial charge in [0.25, 0.3) is 0 Å². The van der Waals surface area contributed by atoms with Gasteiger partial charge in [0, 0.05) is 5.69 Å². The van der Waals surface area contributed by atoms with E-state index in [1.807, 2.05) is 54.7 Å². The van der Waals surface area contributed by atoms with Gasteiger partial charge in [0.15, 0.2) is 5.52 Å². The molecule has 0 spiro atoms. The summed E-state index contributed by atoms with van der Waals surface area (Å²) in [6.45, 7) is 3.82. The van der Waals surface area contributed by atoms with Gasteiger partial charge in [0.1, 0.15) is 18.5 Å². The first-order chi connectivity index (χ1) is 21.2. The summed E-state index contributed by atoms with van der Waals surface area (Å²) in [5, 5.41) is 3.02. The standard InChI is InChI=1S/C38H51N3O2/c1-2-3-4-5-6-7-8-9-10-11-12-13-14-17-28-43-37-25-21-33(22-26-37)29-38(42)39-35-23-19-34(20-24-35)30-40-31-36-18-15-16-27-41(36)32-40/h15-16,18-27,31-32H,2-14,17,28-30H2,1H3/p+1. The van der Waals surface area contributed by atoms with Crippen LogP contribution in [0.5, 0.6) is 5.75 Å². The number of anilines is 1. The van der Waals surface area contributed by atoms with Crippen LogP contribution in [0.25, 0.3) is 5.52 Å². The first-order valence-corrected chi connectivity index (χ1v) is 16.8. The number of imidazole rings is 1. The van der Waals surface area contributed by atoms with Gasteiger partial charge in [-0.05, 0) is 53.9 Å². The quantitative estimate of drug-likeness (QED) is 0.0786. The highest BCUT2D eigenvalue weighted by Gasteiger charge is 2.08. The predicted octanol–water partition coefficient (Wildman–Crippen LogP) is 9.32. The topological polar surface area (TPSA) is 46.6 Å². The predicted molar refractivity (Wildman–Crippen MR) is 178 cm³/mol. The lowest BCUT2D eigenvalue weighted by molar-refractivity contribution is -0.686. The van der Waals surface area contributed by atoms with Crippen LogP contribution in [0.1, 0.15) is 108 Å². The summed E-state index contributed by atoms with van der Waals surface area (Å²) < 4.78 is 10.2. The lowest BCUT2D eigenvalue weighted by Gasteiger charge is -2.09. The van der Waals surface area contributed by atoms with E-state index in [1.54, 1.807) is 0 Å². The normalized spacial score (nSPS) is 11.2. The van der Waals surface area contributed by atoms with Gasteiger partial charge >= 0.3 is 0 Å². The fraction of sp³-hybridized carbons (Fsp3) is 0.474. The molecule has 2 heterocycles. The molecule has 0 aliphatic carbocycles. The van der Waals surface area contributed by atoms with Crippen LogP contribution in [-0.2, 0) is 17.8 Å². The molecular weight excluding hydrogens is 530 g/mol. The van der Waals surface area contributed by atoms with Crippen molar-refractivity contribution in [3.8, 4) is 5.75 Å². The van der Waals surface area contributed by atoms with Crippen LogP contribution in [0.15, 0.2) is 85.5 Å². The van der Waals surface area contributed by atoms with Gasteiger partial charge in [-0.2, -0.15) is 0 Å². The summed E-state index contributed by atoms with van der Waals surface area (Å²) in [4.78, 5) is 12.6. The van der Waals surface area contributed by atoms with Crippen LogP contribution >= 0.6 is 0 Å². The summed E-state index contributed by atoms with van der Waals surface area (Å²) in [6, 6.07) is 22.2. The number of nitrogens with zero attached hydrogens (tertiary/aromatic N) is 2. The highest BCUT2D eigenvalue weighted by Crippen LogP contribution is 2.16. The molecule has 4 aromatic rings. The van der Waals surface area contributed by atoms with E-state index in [-0.39, 0.29) is 5.91 Å². The maximum Gasteiger partial charge on any atom is 0.249 e. The molecule has 5 nitrogen and oxygen atoms in total. The van der Waals surface area contributed by atoms with Gasteiger partial charge in [-0.25, -0.2) is 8.97 Å². The zero-order valence-corrected chi connectivity index (χ0v) is 26.3. The highest BCUT2D eigenvalue weighted by molar-refractivity contribution is 5.92. The first kappa shape index (κ1) is 32.3. The molecule has 1 N–H and O–H groups in total. The molecule has 2 aromatic heterocycles. The molecule has 0 fully saturated rings. The fourth-order valence-corrected chi connectivity index (χ4v) is 5.62. The summed E-state index contributed by atoms with van der Waals surface area (Å²) >= 11 is 0. The average molecular weight is 583 g/mol. The number of carbonyl (C=O) groups excluding carboxylic acids is 1. The van der Waals surface area contributed by atoms with Crippen molar-refractivity contribution >= 4 is 17.1 Å². The molecule has 0 aliphatic rings. The minimum Gasteiger partial charge on any atom is -0.494 e. The number of rotatable bonds is 21. The number of fused-ring (bicyclic) bond motifs is 1. The second kappa shape index (κ2) is 18.8. The second-order valence-corrected chi connectivity index (χ2v) is 12.0. The molecule has 230 valence electrons. The fourth-order valence-electron chi connectivity index (χ4n) is 5.62. The molecule has 5 heteroatoms. The van der Waals surface area contributed by atoms with Gasteiger partial charge in [0.05, 0.1) is 19.2 Å². The van der Waals surface area contributed by atoms with Crippen LogP contribution in [0.2, 0.25) is 0 Å². The number of carbonyl (C=O) groups is 1. The van der Waals surface area contributed by atoms with E-state index >= 15 is 0 Å². The Kier molecular flexibility index (Phi) is 14.2. The number of hydrogen-bond acceptors (Lipinski definition) is 2. The molecule has 0 unspecified atom stereocenters. The molecule has 1 amide bonds. The van der Waals surface area contributed by atoms with E-state index < -0.39 is 0 Å². The number of pyridine rings is 1. The summed E-state index contributed by atoms with van der Waals surface area (Å²) in [7, 11) is 0. The van der Waals surface area contributed by atoms with Gasteiger partial charge in [0.2, 0.25) is 12.2 Å². The van der Waals surface area contributed by atoms with Gasteiger partial charge < -0.3 is 10.1 Å². The Hall–Kier alpha value is -3.60. The third-order valence-corrected chi connectivity index (χ3v) is 8.15. The maximum absolute atomic E-state index is 12.6. The molecule has 4 rings (SSSR count). The Labute approximate surface area is 259 Å². The zero-order valence-electron chi connectivity index (χ0n) is 26.3. The van der Waals surface area contributed by atoms with Crippen molar-refractivity contribution in [1.82, 2.24) is 4.40 Å². The Morgan fingerprint density at radius 1 is 0.721 bits per heavy atom. The second-order valence-electron chi connectivity index (χ2n) is 12.0. The Morgan fingerprint density at radius 3 is 1.95 bits per heavy atom. The van der Waals surface area contributed by atoms with Crippen molar-refractivity contribution in [2.75, 3.05) is 11.9 Å². The summed E-state index contributed by atoms with van der Waals surface area (Å²) in [5.41, 5.74) is 4.14. The molecule has 0 saturated carbocycles. The van der Waals surface area contributed by atoms with E-state index in [9.17, 15) is 4.79 Å². The SMILES string of the molecule is CCCCCCCCCCCCCCCCOc1ccc(CC(=O)Nc2ccc(C[n+]3cc4ccccn4c3)cc2)cc1. The Balaban J connectivity index is 1.03. The minimum absolute atomic E-state index is 0.0168. The molecule has 0 bridgehead atoms. The average Bonchev–Trinajstić information content (AvgIpc) is 3.43. The smallest absolute Gasteiger partial charge is 0.249 e. The van der Waals surface area contributed by atoms with Crippen molar-refractivity contribution in [1.29, 1.82) is 0 Å². The van der Waals surface area contributed by atoms with Crippen molar-refractivity contribution in [3.63, 3.8) is 0 Å². The lowest BCUT2D eigenvalue weighted by atomic mass is 10.0. The van der Waals surface area contributed by atoms with Gasteiger partial charge in [-0.15, -0.1) is 0 Å². The maximum atomic E-state index is 12.6. The number of amides is 1. The van der Waals surface area contributed by atoms with Crippen LogP contribution < -0.4 is 14.6 Å². The van der Waals surface area contributed by atoms with Gasteiger partial charge in [-0.1, -0.05) is 121 Å². The van der Waals surface area contributed by atoms with E-state index in [4.69, 9.17) is 4.74 Å². The molecule has 43 heavy (non-hydrogen) atoms. The number of benzene rings is 2. The molecule has 0 atom stereocenters. The number of aromatic nitrogens is 2. The van der Waals surface area contributed by atoms with Crippen molar-refractivity contribution < 1.29 is 14.1 Å². The highest BCUT2D eigenvalue weighted by atomic mass is 16.5. The monoisotopic (exact) mass is 582 g/mol. The largest absolute Gasteiger partial charge is 0.494 e. The van der Waals surface area contributed by atoms with Crippen molar-refractivity contribution in [3.05, 3.63) is 96.6 Å². The Morgan fingerprint density at radius 2 is 1.33 bits per heavy atom. The third kappa shape index (κ3) is 12.3. The molecule has 2 aromatic carbocycles. The lowest BCUT2D eigenvalue weighted by Crippen LogP contribution is -2.31. The van der Waals surface area contributed by atoms with Crippen LogP contribution in [-0.4, -0.2) is 16.9 Å². The van der Waals surface area contributed by atoms with Crippen molar-refractivity contribution in [2.24, 2.45) is 0 Å². The van der Waals surface area contributed by atoms with Gasteiger partial charge in [-0.3, -0.25) is 4.79 Å². The summed E-state index contributed by atoms with van der Waals surface area (Å²) in [6.07, 6.45) is 25.7. The molecular formula is C38H52N3O2+. The minimum atomic E-state index is -0.0168. The van der Waals surface area contributed by atoms with Crippen molar-refractivity contribution in [2.45, 2.75) is 110 Å². The zero-order chi connectivity index (χ0) is 30.0. The molecule has 0 radical (unpaired) electrons. The number of unbranched alkanes of at least 4 members (excludes halogenated alkanes) is 13. The number of nitrogens with one attached hydrogen (secondary N) is 1. The van der Waals surface area contributed by atoms with E-state index in [0.29, 0.717) is 6.42 Å². The third-order valence-electron chi connectivity index (χ3n) is 8.15. The number of hydrogen-bond donors (Lipinski definition) is 1. The molecule has 0 saturated heterocycles. The van der Waals surface area contributed by atoms with Crippen LogP contribution in [0.3, 0.4) is 0 Å². The van der Waals surface area contributed by atoms with Crippen LogP contribution in [0.4, 0.5) is 5.69 Å². The van der Waals surface area contributed by atoms with E-state index in [2.05, 4.69) is 51.9 Å². The molecule has 0 aliphatic heterocycles. The van der Waals surface area contributed by atoms with Crippen LogP contribution in [0, 0.1) is 0 Å². The van der Waals surface area contributed by atoms with E-state index in [0.717, 1.165) is 42.1 Å². The Bertz CT molecular complexity index is 1290.